The molecule has 0 aliphatic rings. The molecule has 27 heavy (non-hydrogen) atoms. The number of nitro groups is 1. The number of halogens is 1. The number of amides is 1. The van der Waals surface area contributed by atoms with Gasteiger partial charge in [-0.3, -0.25) is 19.6 Å². The van der Waals surface area contributed by atoms with Gasteiger partial charge in [-0.1, -0.05) is 12.1 Å². The average molecular weight is 366 g/mol. The Hall–Kier alpha value is -3.81. The summed E-state index contributed by atoms with van der Waals surface area (Å²) in [5, 5.41) is 17.7. The summed E-state index contributed by atoms with van der Waals surface area (Å²) in [7, 11) is 0. The summed E-state index contributed by atoms with van der Waals surface area (Å²) >= 11 is 0. The van der Waals surface area contributed by atoms with E-state index in [0.29, 0.717) is 12.2 Å². The van der Waals surface area contributed by atoms with Crippen molar-refractivity contribution in [3.63, 3.8) is 0 Å². The second kappa shape index (κ2) is 8.05. The van der Waals surface area contributed by atoms with Gasteiger partial charge in [-0.15, -0.1) is 0 Å². The van der Waals surface area contributed by atoms with E-state index in [1.165, 1.54) is 12.1 Å². The Morgan fingerprint density at radius 2 is 2.04 bits per heavy atom. The van der Waals surface area contributed by atoms with Gasteiger partial charge in [-0.25, -0.2) is 4.39 Å². The number of carbonyl (C=O) groups excluding carboxylic acids is 1. The molecule has 1 N–H and O–H groups in total. The van der Waals surface area contributed by atoms with E-state index in [9.17, 15) is 19.3 Å². The second-order valence-corrected chi connectivity index (χ2v) is 5.68. The quantitative estimate of drug-likeness (QED) is 0.410. The highest BCUT2D eigenvalue weighted by atomic mass is 19.1. The van der Waals surface area contributed by atoms with E-state index in [1.54, 1.807) is 23.0 Å². The highest BCUT2D eigenvalue weighted by molar-refractivity contribution is 6.02. The third kappa shape index (κ3) is 4.85. The predicted octanol–water partition coefficient (Wildman–Crippen LogP) is 3.63. The van der Waals surface area contributed by atoms with Gasteiger partial charge in [-0.2, -0.15) is 5.10 Å². The SMILES string of the molecule is O=C(C=Cc1ccc(F)cc1[N+](=O)[O-])Nc1ccc(Cn2cccn2)cc1. The normalized spacial score (nSPS) is 10.9. The summed E-state index contributed by atoms with van der Waals surface area (Å²) in [5.41, 5.74) is 1.35. The summed E-state index contributed by atoms with van der Waals surface area (Å²) in [6, 6.07) is 12.3. The van der Waals surface area contributed by atoms with Crippen LogP contribution >= 0.6 is 0 Å². The molecule has 0 atom stereocenters. The van der Waals surface area contributed by atoms with Gasteiger partial charge in [0.25, 0.3) is 5.69 Å². The Morgan fingerprint density at radius 3 is 2.70 bits per heavy atom. The molecule has 0 spiro atoms. The van der Waals surface area contributed by atoms with Crippen molar-refractivity contribution in [1.82, 2.24) is 9.78 Å². The van der Waals surface area contributed by atoms with Crippen LogP contribution in [0.25, 0.3) is 6.08 Å². The van der Waals surface area contributed by atoms with Crippen molar-refractivity contribution < 1.29 is 14.1 Å². The van der Waals surface area contributed by atoms with E-state index >= 15 is 0 Å². The number of aromatic nitrogens is 2. The molecule has 136 valence electrons. The molecule has 1 aromatic heterocycles. The molecule has 0 aliphatic carbocycles. The van der Waals surface area contributed by atoms with Crippen LogP contribution in [0.2, 0.25) is 0 Å². The van der Waals surface area contributed by atoms with Crippen molar-refractivity contribution in [1.29, 1.82) is 0 Å². The van der Waals surface area contributed by atoms with Gasteiger partial charge in [0.1, 0.15) is 5.82 Å². The van der Waals surface area contributed by atoms with Crippen LogP contribution in [0.15, 0.2) is 67.0 Å². The lowest BCUT2D eigenvalue weighted by Gasteiger charge is -2.05. The number of anilines is 1. The monoisotopic (exact) mass is 366 g/mol. The maximum atomic E-state index is 13.1. The highest BCUT2D eigenvalue weighted by Gasteiger charge is 2.12. The van der Waals surface area contributed by atoms with Gasteiger partial charge in [0, 0.05) is 24.2 Å². The first-order valence-electron chi connectivity index (χ1n) is 8.00. The molecular weight excluding hydrogens is 351 g/mol. The first-order chi connectivity index (χ1) is 13.0. The average Bonchev–Trinajstić information content (AvgIpc) is 3.15. The van der Waals surface area contributed by atoms with Crippen LogP contribution in [0.4, 0.5) is 15.8 Å². The zero-order chi connectivity index (χ0) is 19.2. The van der Waals surface area contributed by atoms with E-state index in [0.717, 1.165) is 23.8 Å². The molecule has 1 heterocycles. The van der Waals surface area contributed by atoms with Crippen molar-refractivity contribution in [3.8, 4) is 0 Å². The lowest BCUT2D eigenvalue weighted by atomic mass is 10.1. The number of nitro benzene ring substituents is 1. The van der Waals surface area contributed by atoms with Crippen molar-refractivity contribution in [2.75, 3.05) is 5.32 Å². The van der Waals surface area contributed by atoms with E-state index in [4.69, 9.17) is 0 Å². The van der Waals surface area contributed by atoms with Gasteiger partial charge in [0.15, 0.2) is 0 Å². The topological polar surface area (TPSA) is 90.1 Å². The summed E-state index contributed by atoms with van der Waals surface area (Å²) < 4.78 is 14.9. The molecule has 3 rings (SSSR count). The van der Waals surface area contributed by atoms with E-state index in [2.05, 4.69) is 10.4 Å². The number of benzene rings is 2. The number of nitrogens with zero attached hydrogens (tertiary/aromatic N) is 3. The molecule has 7 nitrogen and oxygen atoms in total. The van der Waals surface area contributed by atoms with Gasteiger partial charge >= 0.3 is 0 Å². The smallest absolute Gasteiger partial charge is 0.279 e. The van der Waals surface area contributed by atoms with Gasteiger partial charge in [0.05, 0.1) is 23.1 Å². The molecule has 0 bridgehead atoms. The number of rotatable bonds is 6. The summed E-state index contributed by atoms with van der Waals surface area (Å²) in [4.78, 5) is 22.3. The molecule has 0 saturated heterocycles. The lowest BCUT2D eigenvalue weighted by Crippen LogP contribution is -2.08. The molecule has 0 aliphatic heterocycles. The van der Waals surface area contributed by atoms with Crippen molar-refractivity contribution in [3.05, 3.63) is 94.1 Å². The number of nitrogens with one attached hydrogen (secondary N) is 1. The highest BCUT2D eigenvalue weighted by Crippen LogP contribution is 2.21. The first-order valence-corrected chi connectivity index (χ1v) is 8.00. The third-order valence-electron chi connectivity index (χ3n) is 3.73. The number of carbonyl (C=O) groups is 1. The van der Waals surface area contributed by atoms with E-state index in [1.807, 2.05) is 24.4 Å². The van der Waals surface area contributed by atoms with Gasteiger partial charge in [-0.05, 0) is 42.0 Å². The molecule has 3 aromatic rings. The van der Waals surface area contributed by atoms with Crippen molar-refractivity contribution >= 4 is 23.4 Å². The van der Waals surface area contributed by atoms with Crippen molar-refractivity contribution in [2.45, 2.75) is 6.54 Å². The summed E-state index contributed by atoms with van der Waals surface area (Å²) in [6.45, 7) is 0.620. The molecular formula is C19H15FN4O3. The fourth-order valence-electron chi connectivity index (χ4n) is 2.44. The van der Waals surface area contributed by atoms with Crippen LogP contribution in [0.5, 0.6) is 0 Å². The molecule has 0 saturated carbocycles. The van der Waals surface area contributed by atoms with Crippen LogP contribution in [-0.2, 0) is 11.3 Å². The van der Waals surface area contributed by atoms with E-state index in [-0.39, 0.29) is 5.56 Å². The third-order valence-corrected chi connectivity index (χ3v) is 3.73. The molecule has 8 heteroatoms. The van der Waals surface area contributed by atoms with E-state index < -0.39 is 22.3 Å². The Bertz CT molecular complexity index is 983. The largest absolute Gasteiger partial charge is 0.323 e. The Labute approximate surface area is 153 Å². The van der Waals surface area contributed by atoms with Crippen LogP contribution in [-0.4, -0.2) is 20.6 Å². The Kier molecular flexibility index (Phi) is 5.36. The maximum Gasteiger partial charge on any atom is 0.279 e. The number of hydrogen-bond donors (Lipinski definition) is 1. The minimum atomic E-state index is -0.710. The minimum Gasteiger partial charge on any atom is -0.323 e. The molecule has 2 aromatic carbocycles. The second-order valence-electron chi connectivity index (χ2n) is 5.68. The van der Waals surface area contributed by atoms with Crippen LogP contribution in [0.3, 0.4) is 0 Å². The summed E-state index contributed by atoms with van der Waals surface area (Å²) in [5.74, 6) is -1.16. The standard InChI is InChI=1S/C19H15FN4O3/c20-16-6-4-15(18(12-16)24(26)27)5-9-19(25)22-17-7-2-14(3-8-17)13-23-11-1-10-21-23/h1-12H,13H2,(H,22,25). The fraction of sp³-hybridized carbons (Fsp3) is 0.0526. The minimum absolute atomic E-state index is 0.145. The number of hydrogen-bond acceptors (Lipinski definition) is 4. The van der Waals surface area contributed by atoms with Crippen LogP contribution < -0.4 is 5.32 Å². The lowest BCUT2D eigenvalue weighted by molar-refractivity contribution is -0.385. The molecule has 1 amide bonds. The first kappa shape index (κ1) is 18.0. The predicted molar refractivity (Wildman–Crippen MR) is 98.5 cm³/mol. The maximum absolute atomic E-state index is 13.1. The van der Waals surface area contributed by atoms with Gasteiger partial charge in [0.2, 0.25) is 5.91 Å². The van der Waals surface area contributed by atoms with Crippen molar-refractivity contribution in [2.24, 2.45) is 0 Å². The van der Waals surface area contributed by atoms with Crippen LogP contribution in [0, 0.1) is 15.9 Å². The Morgan fingerprint density at radius 1 is 1.26 bits per heavy atom. The molecule has 0 radical (unpaired) electrons. The zero-order valence-electron chi connectivity index (χ0n) is 14.1. The van der Waals surface area contributed by atoms with Crippen LogP contribution in [0.1, 0.15) is 11.1 Å². The zero-order valence-corrected chi connectivity index (χ0v) is 14.1. The summed E-state index contributed by atoms with van der Waals surface area (Å²) in [6.07, 6.45) is 6.00. The van der Waals surface area contributed by atoms with Gasteiger partial charge < -0.3 is 5.32 Å². The Balaban J connectivity index is 1.64. The fourth-order valence-corrected chi connectivity index (χ4v) is 2.44. The molecule has 0 unspecified atom stereocenters. The molecule has 0 fully saturated rings.